The highest BCUT2D eigenvalue weighted by molar-refractivity contribution is 9.10. The molecule has 0 amide bonds. The third kappa shape index (κ3) is 3.44. The van der Waals surface area contributed by atoms with Crippen LogP contribution in [0.1, 0.15) is 5.56 Å². The number of rotatable bonds is 3. The van der Waals surface area contributed by atoms with E-state index in [0.29, 0.717) is 15.1 Å². The number of nitrogens with one attached hydrogen (secondary N) is 1. The van der Waals surface area contributed by atoms with Crippen LogP contribution in [0.3, 0.4) is 0 Å². The number of anilines is 1. The molecule has 0 atom stereocenters. The monoisotopic (exact) mass is 394 g/mol. The number of hydrogen-bond donors (Lipinski definition) is 1. The molecule has 1 N–H and O–H groups in total. The standard InChI is InChI=1S/C12H9BrCl2N2O2S/c1-7-4-9(14)2-3-11(7)20(18,19)17-10-5-8(13)6-16-12(10)15/h2-6,17H,1H3. The minimum Gasteiger partial charge on any atom is -0.276 e. The molecule has 106 valence electrons. The first-order valence-corrected chi connectivity index (χ1v) is 8.43. The van der Waals surface area contributed by atoms with E-state index in [-0.39, 0.29) is 15.7 Å². The summed E-state index contributed by atoms with van der Waals surface area (Å²) in [5, 5.41) is 0.548. The Hall–Kier alpha value is -0.820. The molecule has 0 fully saturated rings. The van der Waals surface area contributed by atoms with Gasteiger partial charge in [-0.15, -0.1) is 0 Å². The van der Waals surface area contributed by atoms with E-state index in [1.54, 1.807) is 13.0 Å². The van der Waals surface area contributed by atoms with Crippen molar-refractivity contribution in [3.8, 4) is 0 Å². The first kappa shape index (κ1) is 15.6. The van der Waals surface area contributed by atoms with E-state index in [4.69, 9.17) is 23.2 Å². The van der Waals surface area contributed by atoms with E-state index >= 15 is 0 Å². The van der Waals surface area contributed by atoms with Crippen molar-refractivity contribution in [1.29, 1.82) is 0 Å². The van der Waals surface area contributed by atoms with Gasteiger partial charge in [0.25, 0.3) is 10.0 Å². The fourth-order valence-electron chi connectivity index (χ4n) is 1.61. The van der Waals surface area contributed by atoms with Crippen LogP contribution < -0.4 is 4.72 Å². The van der Waals surface area contributed by atoms with Gasteiger partial charge in [0.05, 0.1) is 10.6 Å². The third-order valence-corrected chi connectivity index (χ3v) is 4.97. The lowest BCUT2D eigenvalue weighted by Gasteiger charge is -2.11. The SMILES string of the molecule is Cc1cc(Cl)ccc1S(=O)(=O)Nc1cc(Br)cnc1Cl. The fraction of sp³-hybridized carbons (Fsp3) is 0.0833. The number of halogens is 3. The molecule has 0 spiro atoms. The van der Waals surface area contributed by atoms with Crippen molar-refractivity contribution in [3.05, 3.63) is 50.7 Å². The van der Waals surface area contributed by atoms with E-state index in [0.717, 1.165) is 0 Å². The zero-order chi connectivity index (χ0) is 14.9. The lowest BCUT2D eigenvalue weighted by molar-refractivity contribution is 0.600. The van der Waals surface area contributed by atoms with Gasteiger partial charge in [0.2, 0.25) is 0 Å². The van der Waals surface area contributed by atoms with Gasteiger partial charge in [0.1, 0.15) is 0 Å². The Bertz CT molecular complexity index is 766. The highest BCUT2D eigenvalue weighted by Crippen LogP contribution is 2.27. The third-order valence-electron chi connectivity index (χ3n) is 2.48. The van der Waals surface area contributed by atoms with Gasteiger partial charge in [-0.05, 0) is 52.7 Å². The summed E-state index contributed by atoms with van der Waals surface area (Å²) in [5.74, 6) is 0. The number of benzene rings is 1. The Morgan fingerprint density at radius 3 is 2.60 bits per heavy atom. The summed E-state index contributed by atoms with van der Waals surface area (Å²) < 4.78 is 27.7. The summed E-state index contributed by atoms with van der Waals surface area (Å²) in [5.41, 5.74) is 0.750. The molecule has 0 bridgehead atoms. The molecule has 1 heterocycles. The van der Waals surface area contributed by atoms with Crippen molar-refractivity contribution >= 4 is 54.8 Å². The van der Waals surface area contributed by atoms with Crippen LogP contribution in [0.15, 0.2) is 39.8 Å². The highest BCUT2D eigenvalue weighted by Gasteiger charge is 2.18. The zero-order valence-corrected chi connectivity index (χ0v) is 14.1. The van der Waals surface area contributed by atoms with Crippen LogP contribution in [0.2, 0.25) is 10.2 Å². The Morgan fingerprint density at radius 2 is 1.95 bits per heavy atom. The van der Waals surface area contributed by atoms with E-state index in [1.807, 2.05) is 0 Å². The van der Waals surface area contributed by atoms with E-state index in [9.17, 15) is 8.42 Å². The molecule has 4 nitrogen and oxygen atoms in total. The van der Waals surface area contributed by atoms with Crippen LogP contribution in [-0.2, 0) is 10.0 Å². The van der Waals surface area contributed by atoms with Crippen LogP contribution in [-0.4, -0.2) is 13.4 Å². The molecule has 2 aromatic rings. The second-order valence-electron chi connectivity index (χ2n) is 4.01. The van der Waals surface area contributed by atoms with E-state index < -0.39 is 10.0 Å². The molecule has 8 heteroatoms. The van der Waals surface area contributed by atoms with Crippen LogP contribution in [0.5, 0.6) is 0 Å². The molecule has 0 unspecified atom stereocenters. The lowest BCUT2D eigenvalue weighted by Crippen LogP contribution is -2.14. The highest BCUT2D eigenvalue weighted by atomic mass is 79.9. The van der Waals surface area contributed by atoms with Gasteiger partial charge in [-0.25, -0.2) is 13.4 Å². The molecule has 0 aliphatic carbocycles. The average molecular weight is 396 g/mol. The minimum absolute atomic E-state index is 0.0726. The molecular formula is C12H9BrCl2N2O2S. The van der Waals surface area contributed by atoms with Crippen LogP contribution in [0.4, 0.5) is 5.69 Å². The number of sulfonamides is 1. The molecule has 2 rings (SSSR count). The molecule has 0 saturated heterocycles. The van der Waals surface area contributed by atoms with Crippen molar-refractivity contribution in [3.63, 3.8) is 0 Å². The van der Waals surface area contributed by atoms with Gasteiger partial charge in [0.15, 0.2) is 5.15 Å². The summed E-state index contributed by atoms with van der Waals surface area (Å²) in [4.78, 5) is 4.00. The Morgan fingerprint density at radius 1 is 1.25 bits per heavy atom. The second kappa shape index (κ2) is 5.89. The van der Waals surface area contributed by atoms with E-state index in [2.05, 4.69) is 25.6 Å². The molecule has 20 heavy (non-hydrogen) atoms. The van der Waals surface area contributed by atoms with Gasteiger partial charge in [0, 0.05) is 15.7 Å². The number of aromatic nitrogens is 1. The van der Waals surface area contributed by atoms with Gasteiger partial charge >= 0.3 is 0 Å². The molecular weight excluding hydrogens is 387 g/mol. The topological polar surface area (TPSA) is 59.1 Å². The van der Waals surface area contributed by atoms with Crippen molar-refractivity contribution in [2.45, 2.75) is 11.8 Å². The van der Waals surface area contributed by atoms with Crippen molar-refractivity contribution in [1.82, 2.24) is 4.98 Å². The Kier molecular flexibility index (Phi) is 4.59. The number of aryl methyl sites for hydroxylation is 1. The molecule has 0 aliphatic heterocycles. The fourth-order valence-corrected chi connectivity index (χ4v) is 3.66. The average Bonchev–Trinajstić information content (AvgIpc) is 2.33. The predicted molar refractivity (Wildman–Crippen MR) is 83.9 cm³/mol. The Balaban J connectivity index is 2.43. The van der Waals surface area contributed by atoms with Crippen molar-refractivity contribution in [2.24, 2.45) is 0 Å². The number of pyridine rings is 1. The lowest BCUT2D eigenvalue weighted by atomic mass is 10.2. The predicted octanol–water partition coefficient (Wildman–Crippen LogP) is 4.26. The smallest absolute Gasteiger partial charge is 0.262 e. The molecule has 0 radical (unpaired) electrons. The van der Waals surface area contributed by atoms with Gasteiger partial charge in [-0.2, -0.15) is 0 Å². The largest absolute Gasteiger partial charge is 0.276 e. The quantitative estimate of drug-likeness (QED) is 0.789. The summed E-state index contributed by atoms with van der Waals surface area (Å²) in [6, 6.07) is 6.08. The second-order valence-corrected chi connectivity index (χ2v) is 7.37. The van der Waals surface area contributed by atoms with E-state index in [1.165, 1.54) is 24.4 Å². The molecule has 0 aliphatic rings. The maximum atomic E-state index is 12.3. The van der Waals surface area contributed by atoms with Crippen molar-refractivity contribution < 1.29 is 8.42 Å². The summed E-state index contributed by atoms with van der Waals surface area (Å²) in [6.45, 7) is 1.67. The number of nitrogens with zero attached hydrogens (tertiary/aromatic N) is 1. The zero-order valence-electron chi connectivity index (χ0n) is 10.2. The van der Waals surface area contributed by atoms with Crippen LogP contribution in [0.25, 0.3) is 0 Å². The maximum absolute atomic E-state index is 12.3. The summed E-state index contributed by atoms with van der Waals surface area (Å²) in [7, 11) is -3.75. The number of hydrogen-bond acceptors (Lipinski definition) is 3. The molecule has 1 aromatic heterocycles. The minimum atomic E-state index is -3.75. The van der Waals surface area contributed by atoms with Gasteiger partial charge in [-0.3, -0.25) is 4.72 Å². The van der Waals surface area contributed by atoms with Gasteiger partial charge in [-0.1, -0.05) is 23.2 Å². The molecule has 1 aromatic carbocycles. The summed E-state index contributed by atoms with van der Waals surface area (Å²) in [6.07, 6.45) is 1.48. The van der Waals surface area contributed by atoms with Gasteiger partial charge < -0.3 is 0 Å². The summed E-state index contributed by atoms with van der Waals surface area (Å²) >= 11 is 14.9. The first-order valence-electron chi connectivity index (χ1n) is 5.39. The van der Waals surface area contributed by atoms with Crippen molar-refractivity contribution in [2.75, 3.05) is 4.72 Å². The molecule has 0 saturated carbocycles. The first-order chi connectivity index (χ1) is 9.29. The Labute approximate surface area is 135 Å². The van der Waals surface area contributed by atoms with Crippen LogP contribution >= 0.6 is 39.1 Å². The maximum Gasteiger partial charge on any atom is 0.262 e. The normalized spacial score (nSPS) is 11.4. The van der Waals surface area contributed by atoms with Crippen LogP contribution in [0, 0.1) is 6.92 Å².